The molecular formula is C14H19NO4. The number of carbonyl (C=O) groups is 1. The van der Waals surface area contributed by atoms with E-state index < -0.39 is 0 Å². The van der Waals surface area contributed by atoms with Crippen molar-refractivity contribution >= 4 is 5.91 Å². The summed E-state index contributed by atoms with van der Waals surface area (Å²) in [5.74, 6) is -0.0324. The minimum absolute atomic E-state index is 0.0428. The summed E-state index contributed by atoms with van der Waals surface area (Å²) in [5, 5.41) is 18.8. The molecule has 1 aliphatic heterocycles. The second-order valence-electron chi connectivity index (χ2n) is 4.95. The van der Waals surface area contributed by atoms with E-state index >= 15 is 0 Å². The molecule has 2 N–H and O–H groups in total. The van der Waals surface area contributed by atoms with Gasteiger partial charge in [-0.15, -0.1) is 0 Å². The van der Waals surface area contributed by atoms with Crippen LogP contribution in [0.25, 0.3) is 0 Å². The van der Waals surface area contributed by atoms with Crippen LogP contribution in [0.4, 0.5) is 0 Å². The van der Waals surface area contributed by atoms with Gasteiger partial charge in [0, 0.05) is 12.1 Å². The van der Waals surface area contributed by atoms with E-state index in [-0.39, 0.29) is 30.4 Å². The van der Waals surface area contributed by atoms with Gasteiger partial charge in [-0.05, 0) is 31.5 Å². The van der Waals surface area contributed by atoms with Crippen LogP contribution in [0.2, 0.25) is 0 Å². The van der Waals surface area contributed by atoms with Crippen LogP contribution < -0.4 is 0 Å². The van der Waals surface area contributed by atoms with Crippen molar-refractivity contribution < 1.29 is 19.7 Å². The van der Waals surface area contributed by atoms with Crippen LogP contribution in [-0.4, -0.2) is 52.9 Å². The minimum atomic E-state index is -0.334. The van der Waals surface area contributed by atoms with Gasteiger partial charge in [0.25, 0.3) is 5.91 Å². The highest BCUT2D eigenvalue weighted by molar-refractivity contribution is 5.95. The maximum atomic E-state index is 12.4. The van der Waals surface area contributed by atoms with E-state index in [2.05, 4.69) is 0 Å². The van der Waals surface area contributed by atoms with Crippen LogP contribution in [0, 0.1) is 6.92 Å². The van der Waals surface area contributed by atoms with Crippen molar-refractivity contribution in [1.82, 2.24) is 4.90 Å². The number of aliphatic hydroxyl groups is 1. The van der Waals surface area contributed by atoms with E-state index in [1.54, 1.807) is 24.0 Å². The molecule has 1 saturated heterocycles. The van der Waals surface area contributed by atoms with Gasteiger partial charge in [-0.2, -0.15) is 0 Å². The molecule has 0 bridgehead atoms. The molecule has 1 aliphatic rings. The van der Waals surface area contributed by atoms with Crippen LogP contribution in [0.15, 0.2) is 18.2 Å². The number of nitrogens with zero attached hydrogens (tertiary/aromatic N) is 1. The molecule has 2 rings (SSSR count). The quantitative estimate of drug-likeness (QED) is 0.834. The van der Waals surface area contributed by atoms with E-state index in [1.807, 2.05) is 6.92 Å². The van der Waals surface area contributed by atoms with Gasteiger partial charge in [0.15, 0.2) is 0 Å². The van der Waals surface area contributed by atoms with Crippen LogP contribution in [0.3, 0.4) is 0 Å². The number of carbonyl (C=O) groups excluding carboxylic acids is 1. The van der Waals surface area contributed by atoms with Gasteiger partial charge in [0.05, 0.1) is 25.4 Å². The van der Waals surface area contributed by atoms with Crippen LogP contribution in [-0.2, 0) is 4.74 Å². The molecule has 19 heavy (non-hydrogen) atoms. The van der Waals surface area contributed by atoms with Gasteiger partial charge in [0.2, 0.25) is 0 Å². The summed E-state index contributed by atoms with van der Waals surface area (Å²) < 4.78 is 5.41. The third-order valence-electron chi connectivity index (χ3n) is 3.43. The molecule has 0 saturated carbocycles. The van der Waals surface area contributed by atoms with Crippen molar-refractivity contribution in [3.05, 3.63) is 29.3 Å². The molecule has 0 radical (unpaired) electrons. The van der Waals surface area contributed by atoms with Gasteiger partial charge >= 0.3 is 0 Å². The van der Waals surface area contributed by atoms with Crippen LogP contribution in [0.5, 0.6) is 5.75 Å². The number of aryl methyl sites for hydroxylation is 1. The normalized spacial score (nSPS) is 23.4. The Hall–Kier alpha value is -1.59. The van der Waals surface area contributed by atoms with Crippen molar-refractivity contribution in [3.63, 3.8) is 0 Å². The topological polar surface area (TPSA) is 70.0 Å². The minimum Gasteiger partial charge on any atom is -0.508 e. The number of benzene rings is 1. The van der Waals surface area contributed by atoms with Crippen molar-refractivity contribution in [3.8, 4) is 5.75 Å². The SMILES string of the molecule is Cc1ccc(C(=O)N2CC(CO)OCC2C)cc1O. The fourth-order valence-corrected chi connectivity index (χ4v) is 2.12. The average molecular weight is 265 g/mol. The predicted molar refractivity (Wildman–Crippen MR) is 70.2 cm³/mol. The first-order chi connectivity index (χ1) is 9.02. The monoisotopic (exact) mass is 265 g/mol. The second kappa shape index (κ2) is 5.59. The van der Waals surface area contributed by atoms with E-state index in [0.29, 0.717) is 18.7 Å². The zero-order valence-electron chi connectivity index (χ0n) is 11.2. The van der Waals surface area contributed by atoms with E-state index in [1.165, 1.54) is 6.07 Å². The van der Waals surface area contributed by atoms with Crippen molar-refractivity contribution in [2.75, 3.05) is 19.8 Å². The Balaban J connectivity index is 2.19. The molecule has 5 nitrogen and oxygen atoms in total. The lowest BCUT2D eigenvalue weighted by Gasteiger charge is -2.37. The van der Waals surface area contributed by atoms with Gasteiger partial charge in [0.1, 0.15) is 5.75 Å². The molecule has 1 aromatic rings. The molecule has 1 fully saturated rings. The van der Waals surface area contributed by atoms with E-state index in [0.717, 1.165) is 5.56 Å². The molecule has 0 aromatic heterocycles. The number of hydrogen-bond acceptors (Lipinski definition) is 4. The summed E-state index contributed by atoms with van der Waals surface area (Å²) in [4.78, 5) is 14.1. The number of aliphatic hydroxyl groups excluding tert-OH is 1. The number of morpholine rings is 1. The first kappa shape index (κ1) is 13.8. The van der Waals surface area contributed by atoms with Crippen molar-refractivity contribution in [2.24, 2.45) is 0 Å². The zero-order valence-corrected chi connectivity index (χ0v) is 11.2. The van der Waals surface area contributed by atoms with Gasteiger partial charge in [-0.25, -0.2) is 0 Å². The summed E-state index contributed by atoms with van der Waals surface area (Å²) in [6.45, 7) is 4.36. The third-order valence-corrected chi connectivity index (χ3v) is 3.43. The highest BCUT2D eigenvalue weighted by Gasteiger charge is 2.30. The molecule has 1 heterocycles. The first-order valence-corrected chi connectivity index (χ1v) is 6.36. The lowest BCUT2D eigenvalue weighted by Crippen LogP contribution is -2.52. The lowest BCUT2D eigenvalue weighted by molar-refractivity contribution is -0.0667. The zero-order chi connectivity index (χ0) is 14.0. The van der Waals surface area contributed by atoms with Gasteiger partial charge in [-0.1, -0.05) is 6.07 Å². The second-order valence-corrected chi connectivity index (χ2v) is 4.95. The Morgan fingerprint density at radius 2 is 2.26 bits per heavy atom. The van der Waals surface area contributed by atoms with Crippen molar-refractivity contribution in [2.45, 2.75) is 26.0 Å². The van der Waals surface area contributed by atoms with Crippen LogP contribution >= 0.6 is 0 Å². The predicted octanol–water partition coefficient (Wildman–Crippen LogP) is 0.922. The first-order valence-electron chi connectivity index (χ1n) is 6.36. The summed E-state index contributed by atoms with van der Waals surface area (Å²) in [7, 11) is 0. The third kappa shape index (κ3) is 2.88. The van der Waals surface area contributed by atoms with Gasteiger partial charge in [-0.3, -0.25) is 4.79 Å². The molecule has 0 aliphatic carbocycles. The van der Waals surface area contributed by atoms with E-state index in [4.69, 9.17) is 9.84 Å². The standard InChI is InChI=1S/C14H19NO4/c1-9-3-4-11(5-13(9)17)14(18)15-6-12(7-16)19-8-10(15)2/h3-5,10,12,16-17H,6-8H2,1-2H3. The number of hydrogen-bond donors (Lipinski definition) is 2. The molecule has 5 heteroatoms. The fourth-order valence-electron chi connectivity index (χ4n) is 2.12. The number of phenols is 1. The number of rotatable bonds is 2. The average Bonchev–Trinajstić information content (AvgIpc) is 2.41. The number of phenolic OH excluding ortho intramolecular Hbond substituents is 1. The Morgan fingerprint density at radius 1 is 1.53 bits per heavy atom. The van der Waals surface area contributed by atoms with Gasteiger partial charge < -0.3 is 19.8 Å². The maximum absolute atomic E-state index is 12.4. The summed E-state index contributed by atoms with van der Waals surface area (Å²) in [6.07, 6.45) is -0.334. The summed E-state index contributed by atoms with van der Waals surface area (Å²) >= 11 is 0. The Morgan fingerprint density at radius 3 is 2.89 bits per heavy atom. The summed E-state index contributed by atoms with van der Waals surface area (Å²) in [6, 6.07) is 4.86. The largest absolute Gasteiger partial charge is 0.508 e. The molecule has 2 unspecified atom stereocenters. The van der Waals surface area contributed by atoms with Crippen LogP contribution in [0.1, 0.15) is 22.8 Å². The molecular weight excluding hydrogens is 246 g/mol. The van der Waals surface area contributed by atoms with Crippen molar-refractivity contribution in [1.29, 1.82) is 0 Å². The lowest BCUT2D eigenvalue weighted by atomic mass is 10.1. The molecule has 1 aromatic carbocycles. The molecule has 0 spiro atoms. The Bertz CT molecular complexity index is 475. The molecule has 1 amide bonds. The Labute approximate surface area is 112 Å². The number of ether oxygens (including phenoxy) is 1. The summed E-state index contributed by atoms with van der Waals surface area (Å²) in [5.41, 5.74) is 1.19. The highest BCUT2D eigenvalue weighted by Crippen LogP contribution is 2.21. The smallest absolute Gasteiger partial charge is 0.254 e. The highest BCUT2D eigenvalue weighted by atomic mass is 16.5. The number of amides is 1. The Kier molecular flexibility index (Phi) is 4.07. The molecule has 104 valence electrons. The van der Waals surface area contributed by atoms with E-state index in [9.17, 15) is 9.90 Å². The fraction of sp³-hybridized carbons (Fsp3) is 0.500. The molecule has 2 atom stereocenters. The maximum Gasteiger partial charge on any atom is 0.254 e. The number of aromatic hydroxyl groups is 1.